The Labute approximate surface area is 78.5 Å². The van der Waals surface area contributed by atoms with Crippen molar-refractivity contribution in [2.75, 3.05) is 26.7 Å². The molecule has 0 spiro atoms. The molecule has 1 N–H and O–H groups in total. The maximum absolute atomic E-state index is 11.4. The second kappa shape index (κ2) is 4.83. The van der Waals surface area contributed by atoms with Crippen LogP contribution in [0.5, 0.6) is 0 Å². The van der Waals surface area contributed by atoms with E-state index in [1.165, 1.54) is 0 Å². The Morgan fingerprint density at radius 2 is 2.23 bits per heavy atom. The minimum absolute atomic E-state index is 0.138. The van der Waals surface area contributed by atoms with Gasteiger partial charge in [-0.25, -0.2) is 0 Å². The van der Waals surface area contributed by atoms with Crippen LogP contribution >= 0.6 is 0 Å². The summed E-state index contributed by atoms with van der Waals surface area (Å²) in [5.74, 6) is 0.289. The lowest BCUT2D eigenvalue weighted by molar-refractivity contribution is -0.131. The van der Waals surface area contributed by atoms with E-state index in [2.05, 4.69) is 11.4 Å². The molecule has 1 aliphatic heterocycles. The molecule has 0 radical (unpaired) electrons. The number of nitrogens with zero attached hydrogens (tertiary/aromatic N) is 2. The molecule has 0 aromatic rings. The second-order valence-electron chi connectivity index (χ2n) is 3.31. The van der Waals surface area contributed by atoms with Crippen LogP contribution < -0.4 is 5.32 Å². The molecular formula is C9H15N3O. The van der Waals surface area contributed by atoms with Crippen molar-refractivity contribution in [3.8, 4) is 6.07 Å². The van der Waals surface area contributed by atoms with E-state index in [-0.39, 0.29) is 11.8 Å². The summed E-state index contributed by atoms with van der Waals surface area (Å²) >= 11 is 0. The first-order valence-electron chi connectivity index (χ1n) is 4.60. The Morgan fingerprint density at radius 3 is 2.69 bits per heavy atom. The Balaban J connectivity index is 2.33. The molecule has 1 aliphatic rings. The monoisotopic (exact) mass is 181 g/mol. The highest BCUT2D eigenvalue weighted by Gasteiger charge is 2.21. The fraction of sp³-hybridized carbons (Fsp3) is 0.778. The van der Waals surface area contributed by atoms with Gasteiger partial charge in [0.2, 0.25) is 5.91 Å². The number of carbonyl (C=O) groups excluding carboxylic acids is 1. The highest BCUT2D eigenvalue weighted by atomic mass is 16.2. The quantitative estimate of drug-likeness (QED) is 0.650. The van der Waals surface area contributed by atoms with Gasteiger partial charge in [0.15, 0.2) is 0 Å². The molecule has 1 heterocycles. The number of amides is 1. The average molecular weight is 181 g/mol. The minimum atomic E-state index is 0.138. The highest BCUT2D eigenvalue weighted by Crippen LogP contribution is 2.15. The highest BCUT2D eigenvalue weighted by molar-refractivity contribution is 5.78. The van der Waals surface area contributed by atoms with E-state index in [9.17, 15) is 4.79 Å². The molecule has 1 rings (SSSR count). The summed E-state index contributed by atoms with van der Waals surface area (Å²) in [5.41, 5.74) is 0. The lowest BCUT2D eigenvalue weighted by atomic mass is 9.99. The van der Waals surface area contributed by atoms with Gasteiger partial charge in [-0.05, 0) is 19.9 Å². The number of piperidine rings is 1. The summed E-state index contributed by atoms with van der Waals surface area (Å²) < 4.78 is 0. The van der Waals surface area contributed by atoms with Gasteiger partial charge in [-0.3, -0.25) is 4.79 Å². The van der Waals surface area contributed by atoms with E-state index in [1.807, 2.05) is 4.90 Å². The lowest BCUT2D eigenvalue weighted by Crippen LogP contribution is -2.42. The Hall–Kier alpha value is -1.08. The van der Waals surface area contributed by atoms with Gasteiger partial charge in [0.25, 0.3) is 0 Å². The SMILES string of the molecule is CNCC(=O)N1CCC(C#N)CC1. The smallest absolute Gasteiger partial charge is 0.236 e. The maximum Gasteiger partial charge on any atom is 0.236 e. The molecule has 1 saturated heterocycles. The molecule has 0 unspecified atom stereocenters. The van der Waals surface area contributed by atoms with E-state index >= 15 is 0 Å². The van der Waals surface area contributed by atoms with Crippen LogP contribution in [0.1, 0.15) is 12.8 Å². The predicted octanol–water partition coefficient (Wildman–Crippen LogP) is -0.0320. The Morgan fingerprint density at radius 1 is 1.62 bits per heavy atom. The normalized spacial score (nSPS) is 18.3. The number of hydrogen-bond acceptors (Lipinski definition) is 3. The first-order chi connectivity index (χ1) is 6.27. The van der Waals surface area contributed by atoms with Crippen molar-refractivity contribution in [3.05, 3.63) is 0 Å². The zero-order chi connectivity index (χ0) is 9.68. The van der Waals surface area contributed by atoms with E-state index in [0.29, 0.717) is 6.54 Å². The van der Waals surface area contributed by atoms with Crippen molar-refractivity contribution >= 4 is 5.91 Å². The fourth-order valence-corrected chi connectivity index (χ4v) is 1.52. The molecule has 13 heavy (non-hydrogen) atoms. The van der Waals surface area contributed by atoms with E-state index in [4.69, 9.17) is 5.26 Å². The number of rotatable bonds is 2. The third kappa shape index (κ3) is 2.71. The third-order valence-corrected chi connectivity index (χ3v) is 2.36. The summed E-state index contributed by atoms with van der Waals surface area (Å²) in [6.07, 6.45) is 1.65. The molecule has 72 valence electrons. The molecule has 0 atom stereocenters. The van der Waals surface area contributed by atoms with Crippen molar-refractivity contribution in [2.24, 2.45) is 5.92 Å². The van der Waals surface area contributed by atoms with Crippen LogP contribution in [0.4, 0.5) is 0 Å². The zero-order valence-corrected chi connectivity index (χ0v) is 7.92. The van der Waals surface area contributed by atoms with Crippen LogP contribution in [0.25, 0.3) is 0 Å². The van der Waals surface area contributed by atoms with Crippen molar-refractivity contribution in [2.45, 2.75) is 12.8 Å². The molecule has 4 heteroatoms. The molecular weight excluding hydrogens is 166 g/mol. The number of carbonyl (C=O) groups is 1. The number of likely N-dealkylation sites (N-methyl/N-ethyl adjacent to an activating group) is 1. The largest absolute Gasteiger partial charge is 0.342 e. The van der Waals surface area contributed by atoms with E-state index < -0.39 is 0 Å². The van der Waals surface area contributed by atoms with Gasteiger partial charge in [-0.15, -0.1) is 0 Å². The first kappa shape index (κ1) is 10.0. The maximum atomic E-state index is 11.4. The predicted molar refractivity (Wildman–Crippen MR) is 48.8 cm³/mol. The lowest BCUT2D eigenvalue weighted by Gasteiger charge is -2.29. The zero-order valence-electron chi connectivity index (χ0n) is 7.92. The number of likely N-dealkylation sites (tertiary alicyclic amines) is 1. The summed E-state index contributed by atoms with van der Waals surface area (Å²) in [6.45, 7) is 1.87. The molecule has 0 bridgehead atoms. The minimum Gasteiger partial charge on any atom is -0.342 e. The van der Waals surface area contributed by atoms with Crippen LogP contribution in [-0.2, 0) is 4.79 Å². The van der Waals surface area contributed by atoms with Crippen molar-refractivity contribution in [1.82, 2.24) is 10.2 Å². The van der Waals surface area contributed by atoms with Gasteiger partial charge in [-0.1, -0.05) is 0 Å². The number of hydrogen-bond donors (Lipinski definition) is 1. The summed E-state index contributed by atoms with van der Waals surface area (Å²) in [6, 6.07) is 2.24. The number of nitrogens with one attached hydrogen (secondary N) is 1. The summed E-state index contributed by atoms with van der Waals surface area (Å²) in [5, 5.41) is 11.5. The molecule has 0 saturated carbocycles. The Kier molecular flexibility index (Phi) is 3.71. The summed E-state index contributed by atoms with van der Waals surface area (Å²) in [7, 11) is 1.76. The standard InChI is InChI=1S/C9H15N3O/c1-11-7-9(13)12-4-2-8(6-10)3-5-12/h8,11H,2-5,7H2,1H3. The van der Waals surface area contributed by atoms with E-state index in [0.717, 1.165) is 25.9 Å². The first-order valence-corrected chi connectivity index (χ1v) is 4.60. The van der Waals surface area contributed by atoms with Crippen LogP contribution in [0.2, 0.25) is 0 Å². The van der Waals surface area contributed by atoms with Gasteiger partial charge in [-0.2, -0.15) is 5.26 Å². The van der Waals surface area contributed by atoms with Crippen molar-refractivity contribution < 1.29 is 4.79 Å². The molecule has 0 aliphatic carbocycles. The Bertz CT molecular complexity index is 213. The van der Waals surface area contributed by atoms with Gasteiger partial charge in [0.1, 0.15) is 0 Å². The van der Waals surface area contributed by atoms with Gasteiger partial charge < -0.3 is 10.2 Å². The third-order valence-electron chi connectivity index (χ3n) is 2.36. The van der Waals surface area contributed by atoms with Crippen molar-refractivity contribution in [3.63, 3.8) is 0 Å². The van der Waals surface area contributed by atoms with Crippen LogP contribution in [0.15, 0.2) is 0 Å². The van der Waals surface area contributed by atoms with Crippen LogP contribution in [-0.4, -0.2) is 37.5 Å². The fourth-order valence-electron chi connectivity index (χ4n) is 1.52. The van der Waals surface area contributed by atoms with Gasteiger partial charge >= 0.3 is 0 Å². The van der Waals surface area contributed by atoms with Crippen LogP contribution in [0.3, 0.4) is 0 Å². The average Bonchev–Trinajstić information content (AvgIpc) is 2.18. The molecule has 0 aromatic heterocycles. The topological polar surface area (TPSA) is 56.1 Å². The van der Waals surface area contributed by atoms with Crippen LogP contribution in [0, 0.1) is 17.2 Å². The summed E-state index contributed by atoms with van der Waals surface area (Å²) in [4.78, 5) is 13.2. The second-order valence-corrected chi connectivity index (χ2v) is 3.31. The molecule has 1 amide bonds. The van der Waals surface area contributed by atoms with E-state index in [1.54, 1.807) is 7.05 Å². The van der Waals surface area contributed by atoms with Gasteiger partial charge in [0, 0.05) is 19.0 Å². The van der Waals surface area contributed by atoms with Gasteiger partial charge in [0.05, 0.1) is 12.6 Å². The number of nitriles is 1. The van der Waals surface area contributed by atoms with Crippen molar-refractivity contribution in [1.29, 1.82) is 5.26 Å². The molecule has 0 aromatic carbocycles. The molecule has 1 fully saturated rings. The molecule has 4 nitrogen and oxygen atoms in total.